The molecule has 0 spiro atoms. The number of nitrogens with zero attached hydrogens (tertiary/aromatic N) is 1. The summed E-state index contributed by atoms with van der Waals surface area (Å²) in [5.41, 5.74) is 1.79. The Morgan fingerprint density at radius 3 is 2.60 bits per heavy atom. The van der Waals surface area contributed by atoms with Gasteiger partial charge in [0.1, 0.15) is 11.1 Å². The number of aromatic nitrogens is 1. The second-order valence-corrected chi connectivity index (χ2v) is 4.78. The molecule has 0 N–H and O–H groups in total. The minimum absolute atomic E-state index is 0.0112. The molecule has 0 atom stereocenters. The third-order valence-corrected chi connectivity index (χ3v) is 2.43. The van der Waals surface area contributed by atoms with E-state index in [2.05, 4.69) is 25.8 Å². The summed E-state index contributed by atoms with van der Waals surface area (Å²) in [6, 6.07) is 3.85. The fraction of sp³-hybridized carbons (Fsp3) is 0.417. The van der Waals surface area contributed by atoms with Gasteiger partial charge < -0.3 is 0 Å². The zero-order chi connectivity index (χ0) is 11.5. The molecule has 80 valence electrons. The Labute approximate surface area is 95.0 Å². The Morgan fingerprint density at radius 2 is 2.13 bits per heavy atom. The van der Waals surface area contributed by atoms with Gasteiger partial charge in [-0.15, -0.1) is 0 Å². The molecule has 0 amide bonds. The van der Waals surface area contributed by atoms with E-state index in [0.717, 1.165) is 11.3 Å². The highest BCUT2D eigenvalue weighted by molar-refractivity contribution is 6.30. The molecule has 2 nitrogen and oxygen atoms in total. The van der Waals surface area contributed by atoms with Gasteiger partial charge >= 0.3 is 0 Å². The second kappa shape index (κ2) is 4.61. The normalized spacial score (nSPS) is 10.9. The zero-order valence-corrected chi connectivity index (χ0v) is 9.93. The van der Waals surface area contributed by atoms with Crippen molar-refractivity contribution in [2.45, 2.75) is 32.6 Å². The monoisotopic (exact) mass is 223 g/mol. The number of rotatable bonds is 2. The van der Waals surface area contributed by atoms with Crippen LogP contribution in [0.2, 0.25) is 5.15 Å². The molecule has 0 aliphatic heterocycles. The van der Waals surface area contributed by atoms with Crippen LogP contribution in [0, 0.1) is 0 Å². The first-order valence-electron chi connectivity index (χ1n) is 4.80. The van der Waals surface area contributed by atoms with E-state index in [9.17, 15) is 4.79 Å². The van der Waals surface area contributed by atoms with Gasteiger partial charge in [0.2, 0.25) is 0 Å². The summed E-state index contributed by atoms with van der Waals surface area (Å²) in [5, 5.41) is 0.467. The lowest BCUT2D eigenvalue weighted by Gasteiger charge is -2.18. The van der Waals surface area contributed by atoms with Gasteiger partial charge in [-0.1, -0.05) is 38.4 Å². The van der Waals surface area contributed by atoms with Crippen molar-refractivity contribution in [1.29, 1.82) is 0 Å². The van der Waals surface area contributed by atoms with Crippen LogP contribution >= 0.6 is 11.6 Å². The van der Waals surface area contributed by atoms with Crippen LogP contribution in [0.25, 0.3) is 0 Å². The van der Waals surface area contributed by atoms with Gasteiger partial charge in [0.15, 0.2) is 0 Å². The van der Waals surface area contributed by atoms with Crippen molar-refractivity contribution in [3.8, 4) is 0 Å². The molecule has 0 radical (unpaired) electrons. The Balaban J connectivity index is 3.03. The second-order valence-electron chi connectivity index (χ2n) is 4.42. The zero-order valence-electron chi connectivity index (χ0n) is 9.17. The van der Waals surface area contributed by atoms with Crippen molar-refractivity contribution in [1.82, 2.24) is 4.98 Å². The van der Waals surface area contributed by atoms with E-state index in [4.69, 9.17) is 11.6 Å². The van der Waals surface area contributed by atoms with Crippen LogP contribution in [0.4, 0.5) is 0 Å². The van der Waals surface area contributed by atoms with Crippen LogP contribution < -0.4 is 0 Å². The molecule has 0 bridgehead atoms. The van der Waals surface area contributed by atoms with Crippen LogP contribution in [-0.4, -0.2) is 10.9 Å². The molecule has 0 aliphatic carbocycles. The number of hydrogen-bond donors (Lipinski definition) is 0. The largest absolute Gasteiger partial charge is 0.240 e. The van der Waals surface area contributed by atoms with Gasteiger partial charge in [0.25, 0.3) is 0 Å². The lowest BCUT2D eigenvalue weighted by molar-refractivity contribution is 0.567. The maximum Gasteiger partial charge on any atom is 0.132 e. The average molecular weight is 224 g/mol. The van der Waals surface area contributed by atoms with E-state index < -0.39 is 0 Å². The first-order valence-corrected chi connectivity index (χ1v) is 5.18. The summed E-state index contributed by atoms with van der Waals surface area (Å²) >= 11 is 6.01. The minimum Gasteiger partial charge on any atom is -0.240 e. The molecule has 3 heteroatoms. The van der Waals surface area contributed by atoms with E-state index in [1.165, 1.54) is 6.08 Å². The molecule has 1 heterocycles. The topological polar surface area (TPSA) is 30.0 Å². The molecule has 1 aromatic heterocycles. The van der Waals surface area contributed by atoms with Crippen LogP contribution in [0.1, 0.15) is 32.0 Å². The lowest BCUT2D eigenvalue weighted by atomic mass is 9.91. The highest BCUT2D eigenvalue weighted by Crippen LogP contribution is 2.23. The van der Waals surface area contributed by atoms with Gasteiger partial charge in [-0.3, -0.25) is 0 Å². The van der Waals surface area contributed by atoms with Crippen LogP contribution in [0.5, 0.6) is 0 Å². The molecule has 15 heavy (non-hydrogen) atoms. The van der Waals surface area contributed by atoms with Gasteiger partial charge in [0, 0.05) is 23.6 Å². The maximum atomic E-state index is 10.1. The van der Waals surface area contributed by atoms with Crippen LogP contribution in [0.15, 0.2) is 18.2 Å². The quantitative estimate of drug-likeness (QED) is 0.570. The molecule has 0 saturated heterocycles. The molecule has 1 aromatic rings. The lowest BCUT2D eigenvalue weighted by Crippen LogP contribution is -2.13. The standard InChI is InChI=1S/C12H14ClNO/c1-12(2,3)10-7-6-9(5-4-8-15)11(13)14-10/h4,6-7H,5H2,1-3H3. The van der Waals surface area contributed by atoms with E-state index in [1.54, 1.807) is 5.94 Å². The van der Waals surface area contributed by atoms with E-state index in [0.29, 0.717) is 11.6 Å². The Kier molecular flexibility index (Phi) is 3.67. The van der Waals surface area contributed by atoms with Crippen molar-refractivity contribution in [3.05, 3.63) is 34.6 Å². The molecule has 0 unspecified atom stereocenters. The minimum atomic E-state index is -0.0112. The summed E-state index contributed by atoms with van der Waals surface area (Å²) in [7, 11) is 0. The highest BCUT2D eigenvalue weighted by Gasteiger charge is 2.16. The van der Waals surface area contributed by atoms with Crippen molar-refractivity contribution in [3.63, 3.8) is 0 Å². The van der Waals surface area contributed by atoms with Gasteiger partial charge in [-0.25, -0.2) is 9.78 Å². The van der Waals surface area contributed by atoms with Crippen LogP contribution in [-0.2, 0) is 16.6 Å². The first-order chi connectivity index (χ1) is 6.95. The number of carbonyl (C=O) groups excluding carboxylic acids is 1. The molecule has 0 saturated carbocycles. The molecule has 0 fully saturated rings. The van der Waals surface area contributed by atoms with E-state index >= 15 is 0 Å². The summed E-state index contributed by atoms with van der Waals surface area (Å²) in [4.78, 5) is 14.4. The highest BCUT2D eigenvalue weighted by atomic mass is 35.5. The predicted molar refractivity (Wildman–Crippen MR) is 61.9 cm³/mol. The average Bonchev–Trinajstić information content (AvgIpc) is 2.14. The fourth-order valence-corrected chi connectivity index (χ4v) is 1.42. The number of halogens is 1. The summed E-state index contributed by atoms with van der Waals surface area (Å²) in [5.74, 6) is 1.73. The van der Waals surface area contributed by atoms with Gasteiger partial charge in [-0.05, 0) is 11.6 Å². The van der Waals surface area contributed by atoms with Crippen molar-refractivity contribution in [2.24, 2.45) is 0 Å². The van der Waals surface area contributed by atoms with Gasteiger partial charge in [0.05, 0.1) is 0 Å². The van der Waals surface area contributed by atoms with Crippen molar-refractivity contribution in [2.75, 3.05) is 0 Å². The van der Waals surface area contributed by atoms with Gasteiger partial charge in [-0.2, -0.15) is 0 Å². The SMILES string of the molecule is CC(C)(C)c1ccc(CC=C=O)c(Cl)n1. The Morgan fingerprint density at radius 1 is 1.47 bits per heavy atom. The number of pyridine rings is 1. The molecular weight excluding hydrogens is 210 g/mol. The molecular formula is C12H14ClNO. The number of allylic oxidation sites excluding steroid dienone is 1. The fourth-order valence-electron chi connectivity index (χ4n) is 1.18. The smallest absolute Gasteiger partial charge is 0.132 e. The third-order valence-electron chi connectivity index (χ3n) is 2.10. The summed E-state index contributed by atoms with van der Waals surface area (Å²) < 4.78 is 0. The van der Waals surface area contributed by atoms with E-state index in [-0.39, 0.29) is 5.41 Å². The molecule has 1 rings (SSSR count). The maximum absolute atomic E-state index is 10.1. The molecule has 0 aromatic carbocycles. The van der Waals surface area contributed by atoms with Crippen molar-refractivity contribution < 1.29 is 4.79 Å². The van der Waals surface area contributed by atoms with E-state index in [1.807, 2.05) is 12.1 Å². The first kappa shape index (κ1) is 12.0. The predicted octanol–water partition coefficient (Wildman–Crippen LogP) is 2.96. The third kappa shape index (κ3) is 3.19. The molecule has 0 aliphatic rings. The summed E-state index contributed by atoms with van der Waals surface area (Å²) in [6.07, 6.45) is 1.89. The Hall–Kier alpha value is -1.11. The van der Waals surface area contributed by atoms with Crippen LogP contribution in [0.3, 0.4) is 0 Å². The summed E-state index contributed by atoms with van der Waals surface area (Å²) in [6.45, 7) is 6.24. The number of hydrogen-bond acceptors (Lipinski definition) is 2. The Bertz CT molecular complexity index is 401. The van der Waals surface area contributed by atoms with Crippen molar-refractivity contribution >= 4 is 17.5 Å².